The Morgan fingerprint density at radius 2 is 0.608 bits per heavy atom. The van der Waals surface area contributed by atoms with E-state index in [0.29, 0.717) is 0 Å². The van der Waals surface area contributed by atoms with Crippen LogP contribution in [0, 0.1) is 0 Å². The Hall–Kier alpha value is -4.88. The van der Waals surface area contributed by atoms with Gasteiger partial charge in [0.05, 0.1) is 0 Å². The number of benzene rings is 6. The number of hydrogen-bond donors (Lipinski definition) is 2. The molecule has 6 rings (SSSR count). The number of aldehydes is 2. The van der Waals surface area contributed by atoms with Crippen LogP contribution in [-0.4, -0.2) is 34.7 Å². The standard InChI is InChI=1S/2C19H15OP.2C2H4O2.Pd/c2*20-15-16-9-7-8-14-19(16)21(17-10-3-1-4-11-17)18-12-5-2-6-13-18;2*1-2(3)4;/h2*1-15H;2*1H3,(H,3,4);. The normalized spacial score (nSPS) is 9.65. The summed E-state index contributed by atoms with van der Waals surface area (Å²) in [4.78, 5) is 40.8. The van der Waals surface area contributed by atoms with E-state index in [1.807, 2.05) is 60.7 Å². The topological polar surface area (TPSA) is 109 Å². The molecule has 0 saturated carbocycles. The van der Waals surface area contributed by atoms with Gasteiger partial charge in [-0.15, -0.1) is 0 Å². The summed E-state index contributed by atoms with van der Waals surface area (Å²) in [5.41, 5.74) is 1.55. The van der Waals surface area contributed by atoms with Gasteiger partial charge in [-0.2, -0.15) is 0 Å². The average molecular weight is 807 g/mol. The van der Waals surface area contributed by atoms with Crippen LogP contribution in [0.3, 0.4) is 0 Å². The molecule has 0 radical (unpaired) electrons. The molecular formula is C42H38O6P2Pd. The van der Waals surface area contributed by atoms with Gasteiger partial charge in [0.2, 0.25) is 0 Å². The minimum absolute atomic E-state index is 0. The maximum atomic E-state index is 11.4. The van der Waals surface area contributed by atoms with E-state index in [1.165, 1.54) is 21.2 Å². The minimum Gasteiger partial charge on any atom is -0.481 e. The molecule has 0 aromatic heterocycles. The fourth-order valence-electron chi connectivity index (χ4n) is 4.74. The average Bonchev–Trinajstić information content (AvgIpc) is 3.14. The molecule has 0 atom stereocenters. The largest absolute Gasteiger partial charge is 0.481 e. The predicted molar refractivity (Wildman–Crippen MR) is 208 cm³/mol. The van der Waals surface area contributed by atoms with Crippen LogP contribution >= 0.6 is 15.8 Å². The van der Waals surface area contributed by atoms with E-state index in [9.17, 15) is 9.59 Å². The second-order valence-electron chi connectivity index (χ2n) is 10.4. The van der Waals surface area contributed by atoms with Crippen LogP contribution in [-0.2, 0) is 30.0 Å². The third-order valence-electron chi connectivity index (χ3n) is 6.67. The van der Waals surface area contributed by atoms with Crippen molar-refractivity contribution >= 4 is 72.2 Å². The molecule has 0 fully saturated rings. The Bertz CT molecular complexity index is 1700. The van der Waals surface area contributed by atoms with Crippen LogP contribution in [0.4, 0.5) is 0 Å². The predicted octanol–water partition coefficient (Wildman–Crippen LogP) is 6.69. The molecule has 0 unspecified atom stereocenters. The fourth-order valence-corrected chi connectivity index (χ4v) is 9.58. The monoisotopic (exact) mass is 806 g/mol. The number of hydrogen-bond acceptors (Lipinski definition) is 4. The second-order valence-corrected chi connectivity index (χ2v) is 14.8. The van der Waals surface area contributed by atoms with Crippen molar-refractivity contribution in [1.29, 1.82) is 0 Å². The van der Waals surface area contributed by atoms with Crippen LogP contribution in [0.1, 0.15) is 34.6 Å². The van der Waals surface area contributed by atoms with Gasteiger partial charge >= 0.3 is 0 Å². The summed E-state index contributed by atoms with van der Waals surface area (Å²) in [7, 11) is -1.41. The molecule has 51 heavy (non-hydrogen) atoms. The summed E-state index contributed by atoms with van der Waals surface area (Å²) >= 11 is 0. The maximum Gasteiger partial charge on any atom is 0.300 e. The van der Waals surface area contributed by atoms with Crippen LogP contribution in [0.2, 0.25) is 0 Å². The molecule has 0 bridgehead atoms. The van der Waals surface area contributed by atoms with Gasteiger partial charge in [0.25, 0.3) is 11.9 Å². The Morgan fingerprint density at radius 3 is 0.824 bits per heavy atom. The molecule has 2 N–H and O–H groups in total. The van der Waals surface area contributed by atoms with Crippen LogP contribution in [0.5, 0.6) is 0 Å². The van der Waals surface area contributed by atoms with Crippen LogP contribution in [0.25, 0.3) is 0 Å². The molecule has 6 aromatic rings. The molecule has 0 saturated heterocycles. The Labute approximate surface area is 315 Å². The molecule has 6 aromatic carbocycles. The van der Waals surface area contributed by atoms with Gasteiger partial charge < -0.3 is 10.2 Å². The maximum absolute atomic E-state index is 11.4. The van der Waals surface area contributed by atoms with Gasteiger partial charge in [0, 0.05) is 45.4 Å². The van der Waals surface area contributed by atoms with Crippen molar-refractivity contribution in [3.8, 4) is 0 Å². The third-order valence-corrected chi connectivity index (χ3v) is 11.7. The molecule has 0 aliphatic rings. The third kappa shape index (κ3) is 14.1. The number of rotatable bonds is 8. The van der Waals surface area contributed by atoms with E-state index >= 15 is 0 Å². The molecule has 262 valence electrons. The summed E-state index contributed by atoms with van der Waals surface area (Å²) in [6.45, 7) is 2.17. The molecule has 0 aliphatic heterocycles. The number of carbonyl (C=O) groups excluding carboxylic acids is 2. The van der Waals surface area contributed by atoms with Crippen molar-refractivity contribution in [3.63, 3.8) is 0 Å². The summed E-state index contributed by atoms with van der Waals surface area (Å²) in [6.07, 6.45) is 1.91. The number of carbonyl (C=O) groups is 4. The molecular weight excluding hydrogens is 769 g/mol. The van der Waals surface area contributed by atoms with E-state index in [0.717, 1.165) is 48.2 Å². The SMILES string of the molecule is CC(=O)O.CC(=O)O.O=Cc1ccccc1P(c1ccccc1)c1ccccc1.O=Cc1ccccc1P(c1ccccc1)c1ccccc1.[Pd]. The summed E-state index contributed by atoms with van der Waals surface area (Å²) in [6, 6.07) is 57.4. The minimum atomic E-state index is -0.833. The zero-order chi connectivity index (χ0) is 36.1. The summed E-state index contributed by atoms with van der Waals surface area (Å²) in [5, 5.41) is 22.1. The zero-order valence-electron chi connectivity index (χ0n) is 28.1. The molecule has 6 nitrogen and oxygen atoms in total. The molecule has 0 spiro atoms. The number of carboxylic acid groups (broad SMARTS) is 2. The van der Waals surface area contributed by atoms with Crippen LogP contribution in [0.15, 0.2) is 170 Å². The summed E-state index contributed by atoms with van der Waals surface area (Å²) < 4.78 is 0. The number of aliphatic carboxylic acids is 2. The van der Waals surface area contributed by atoms with Crippen molar-refractivity contribution in [3.05, 3.63) is 181 Å². The quantitative estimate of drug-likeness (QED) is 0.101. The van der Waals surface area contributed by atoms with Crippen molar-refractivity contribution in [2.45, 2.75) is 13.8 Å². The van der Waals surface area contributed by atoms with Crippen molar-refractivity contribution in [2.75, 3.05) is 0 Å². The van der Waals surface area contributed by atoms with Gasteiger partial charge in [-0.05, 0) is 47.7 Å². The van der Waals surface area contributed by atoms with Gasteiger partial charge in [0.15, 0.2) is 12.6 Å². The Balaban J connectivity index is 0.000000288. The van der Waals surface area contributed by atoms with Crippen molar-refractivity contribution < 1.29 is 49.8 Å². The van der Waals surface area contributed by atoms with Gasteiger partial charge in [-0.1, -0.05) is 170 Å². The smallest absolute Gasteiger partial charge is 0.300 e. The van der Waals surface area contributed by atoms with Gasteiger partial charge in [-0.3, -0.25) is 19.2 Å². The first kappa shape index (κ1) is 42.3. The second kappa shape index (κ2) is 23.5. The Kier molecular flexibility index (Phi) is 19.5. The first-order valence-corrected chi connectivity index (χ1v) is 18.2. The molecule has 0 heterocycles. The van der Waals surface area contributed by atoms with E-state index < -0.39 is 27.8 Å². The van der Waals surface area contributed by atoms with Gasteiger partial charge in [-0.25, -0.2) is 0 Å². The first-order chi connectivity index (χ1) is 24.3. The van der Waals surface area contributed by atoms with E-state index in [1.54, 1.807) is 0 Å². The Morgan fingerprint density at radius 1 is 0.412 bits per heavy atom. The van der Waals surface area contributed by atoms with Crippen LogP contribution < -0.4 is 31.8 Å². The molecule has 9 heteroatoms. The first-order valence-electron chi connectivity index (χ1n) is 15.5. The van der Waals surface area contributed by atoms with E-state index in [4.69, 9.17) is 19.8 Å². The van der Waals surface area contributed by atoms with E-state index in [2.05, 4.69) is 109 Å². The zero-order valence-corrected chi connectivity index (χ0v) is 31.4. The number of carboxylic acids is 2. The van der Waals surface area contributed by atoms with Gasteiger partial charge in [0.1, 0.15) is 0 Å². The molecule has 0 aliphatic carbocycles. The van der Waals surface area contributed by atoms with Crippen molar-refractivity contribution in [1.82, 2.24) is 0 Å². The fraction of sp³-hybridized carbons (Fsp3) is 0.0476. The molecule has 0 amide bonds. The van der Waals surface area contributed by atoms with E-state index in [-0.39, 0.29) is 20.4 Å². The summed E-state index contributed by atoms with van der Waals surface area (Å²) in [5.74, 6) is -1.67. The van der Waals surface area contributed by atoms with Crippen molar-refractivity contribution in [2.24, 2.45) is 0 Å².